The molecule has 1 aromatic rings. The van der Waals surface area contributed by atoms with Crippen molar-refractivity contribution in [2.75, 3.05) is 5.73 Å². The number of benzene rings is 1. The first-order chi connectivity index (χ1) is 7.09. The van der Waals surface area contributed by atoms with Crippen molar-refractivity contribution >= 4 is 27.5 Å². The zero-order chi connectivity index (χ0) is 12.6. The highest BCUT2D eigenvalue weighted by molar-refractivity contribution is 8.01. The van der Waals surface area contributed by atoms with Gasteiger partial charge in [0.2, 0.25) is 10.0 Å². The molecular formula is C10H16N2O2S2. The van der Waals surface area contributed by atoms with Gasteiger partial charge in [0, 0.05) is 15.3 Å². The number of rotatable bonds is 2. The summed E-state index contributed by atoms with van der Waals surface area (Å²) in [6.07, 6.45) is 0. The summed E-state index contributed by atoms with van der Waals surface area (Å²) in [7, 11) is -3.73. The van der Waals surface area contributed by atoms with Crippen LogP contribution in [0.1, 0.15) is 20.8 Å². The number of nitrogens with two attached hydrogens (primary N) is 2. The first-order valence-electron chi connectivity index (χ1n) is 4.71. The van der Waals surface area contributed by atoms with Gasteiger partial charge >= 0.3 is 0 Å². The van der Waals surface area contributed by atoms with Crippen LogP contribution in [0, 0.1) is 0 Å². The SMILES string of the molecule is CC(C)(C)Sc1ccc(N)cc1S(N)(=O)=O. The highest BCUT2D eigenvalue weighted by Crippen LogP contribution is 2.36. The average Bonchev–Trinajstić information content (AvgIpc) is 2.04. The molecule has 4 N–H and O–H groups in total. The minimum Gasteiger partial charge on any atom is -0.399 e. The van der Waals surface area contributed by atoms with Crippen LogP contribution in [0.25, 0.3) is 0 Å². The highest BCUT2D eigenvalue weighted by atomic mass is 32.2. The molecule has 0 amide bonds. The smallest absolute Gasteiger partial charge is 0.239 e. The maximum absolute atomic E-state index is 11.4. The summed E-state index contributed by atoms with van der Waals surface area (Å²) in [6, 6.07) is 4.75. The number of hydrogen-bond donors (Lipinski definition) is 2. The third-order valence-electron chi connectivity index (χ3n) is 1.69. The van der Waals surface area contributed by atoms with Gasteiger partial charge in [-0.1, -0.05) is 20.8 Å². The van der Waals surface area contributed by atoms with Crippen LogP contribution in [0.15, 0.2) is 28.0 Å². The molecule has 0 saturated heterocycles. The van der Waals surface area contributed by atoms with Crippen molar-refractivity contribution in [1.82, 2.24) is 0 Å². The molecule has 4 nitrogen and oxygen atoms in total. The molecule has 0 fully saturated rings. The Labute approximate surface area is 100 Å². The Morgan fingerprint density at radius 2 is 1.81 bits per heavy atom. The quantitative estimate of drug-likeness (QED) is 0.627. The molecule has 16 heavy (non-hydrogen) atoms. The molecule has 0 aliphatic heterocycles. The monoisotopic (exact) mass is 260 g/mol. The third-order valence-corrected chi connectivity index (χ3v) is 3.96. The molecule has 0 radical (unpaired) electrons. The number of nitrogen functional groups attached to an aromatic ring is 1. The minimum absolute atomic E-state index is 0.0877. The summed E-state index contributed by atoms with van der Waals surface area (Å²) in [4.78, 5) is 0.719. The standard InChI is InChI=1S/C10H16N2O2S2/c1-10(2,3)15-8-5-4-7(11)6-9(8)16(12,13)14/h4-6H,11H2,1-3H3,(H2,12,13,14). The van der Waals surface area contributed by atoms with Gasteiger partial charge in [-0.05, 0) is 18.2 Å². The molecular weight excluding hydrogens is 244 g/mol. The molecule has 0 spiro atoms. The van der Waals surface area contributed by atoms with Gasteiger partial charge in [0.05, 0.1) is 4.90 Å². The van der Waals surface area contributed by atoms with Crippen molar-refractivity contribution in [2.45, 2.75) is 35.3 Å². The van der Waals surface area contributed by atoms with E-state index in [1.165, 1.54) is 17.8 Å². The van der Waals surface area contributed by atoms with Crippen molar-refractivity contribution in [3.8, 4) is 0 Å². The molecule has 0 atom stereocenters. The Bertz CT molecular complexity index is 490. The van der Waals surface area contributed by atoms with E-state index in [9.17, 15) is 8.42 Å². The van der Waals surface area contributed by atoms with Gasteiger partial charge in [-0.3, -0.25) is 0 Å². The van der Waals surface area contributed by atoms with Crippen LogP contribution in [0.5, 0.6) is 0 Å². The maximum Gasteiger partial charge on any atom is 0.239 e. The van der Waals surface area contributed by atoms with Gasteiger partial charge in [0.25, 0.3) is 0 Å². The van der Waals surface area contributed by atoms with Gasteiger partial charge in [-0.2, -0.15) is 0 Å². The predicted molar refractivity (Wildman–Crippen MR) is 67.8 cm³/mol. The lowest BCUT2D eigenvalue weighted by Crippen LogP contribution is -2.15. The summed E-state index contributed by atoms with van der Waals surface area (Å²) in [6.45, 7) is 6.00. The van der Waals surface area contributed by atoms with Crippen molar-refractivity contribution in [3.05, 3.63) is 18.2 Å². The van der Waals surface area contributed by atoms with Crippen molar-refractivity contribution < 1.29 is 8.42 Å². The fourth-order valence-electron chi connectivity index (χ4n) is 1.16. The van der Waals surface area contributed by atoms with E-state index in [4.69, 9.17) is 10.9 Å². The lowest BCUT2D eigenvalue weighted by Gasteiger charge is -2.19. The maximum atomic E-state index is 11.4. The second-order valence-corrected chi connectivity index (χ2v) is 7.86. The molecule has 0 aliphatic carbocycles. The number of hydrogen-bond acceptors (Lipinski definition) is 4. The van der Waals surface area contributed by atoms with Gasteiger partial charge in [0.1, 0.15) is 0 Å². The lowest BCUT2D eigenvalue weighted by atomic mass is 10.3. The van der Waals surface area contributed by atoms with E-state index in [0.29, 0.717) is 10.6 Å². The van der Waals surface area contributed by atoms with Crippen LogP contribution < -0.4 is 10.9 Å². The number of primary sulfonamides is 1. The normalized spacial score (nSPS) is 12.8. The van der Waals surface area contributed by atoms with E-state index in [2.05, 4.69) is 0 Å². The van der Waals surface area contributed by atoms with Crippen LogP contribution in [0.2, 0.25) is 0 Å². The molecule has 0 saturated carbocycles. The number of thioether (sulfide) groups is 1. The predicted octanol–water partition coefficient (Wildman–Crippen LogP) is 1.81. The summed E-state index contributed by atoms with van der Waals surface area (Å²) < 4.78 is 22.7. The summed E-state index contributed by atoms with van der Waals surface area (Å²) in [5.41, 5.74) is 5.95. The van der Waals surface area contributed by atoms with Crippen molar-refractivity contribution in [2.24, 2.45) is 5.14 Å². The largest absolute Gasteiger partial charge is 0.399 e. The Kier molecular flexibility index (Phi) is 3.56. The van der Waals surface area contributed by atoms with Crippen LogP contribution in [0.4, 0.5) is 5.69 Å². The summed E-state index contributed by atoms with van der Waals surface area (Å²) >= 11 is 1.45. The van der Waals surface area contributed by atoms with E-state index in [1.54, 1.807) is 12.1 Å². The van der Waals surface area contributed by atoms with Gasteiger partial charge in [-0.15, -0.1) is 11.8 Å². The van der Waals surface area contributed by atoms with Crippen LogP contribution >= 0.6 is 11.8 Å². The Balaban J connectivity index is 3.30. The zero-order valence-corrected chi connectivity index (χ0v) is 11.2. The molecule has 0 aliphatic rings. The molecule has 1 rings (SSSR count). The molecule has 0 heterocycles. The fourth-order valence-corrected chi connectivity index (χ4v) is 3.24. The van der Waals surface area contributed by atoms with E-state index in [1.807, 2.05) is 20.8 Å². The first kappa shape index (κ1) is 13.3. The Morgan fingerprint density at radius 1 is 1.25 bits per heavy atom. The molecule has 6 heteroatoms. The Morgan fingerprint density at radius 3 is 2.25 bits per heavy atom. The van der Waals surface area contributed by atoms with E-state index in [0.717, 1.165) is 0 Å². The molecule has 0 unspecified atom stereocenters. The van der Waals surface area contributed by atoms with Crippen molar-refractivity contribution in [1.29, 1.82) is 0 Å². The number of sulfonamides is 1. The van der Waals surface area contributed by atoms with Gasteiger partial charge in [-0.25, -0.2) is 13.6 Å². The fraction of sp³-hybridized carbons (Fsp3) is 0.400. The van der Waals surface area contributed by atoms with Crippen molar-refractivity contribution in [3.63, 3.8) is 0 Å². The second-order valence-electron chi connectivity index (χ2n) is 4.47. The average molecular weight is 260 g/mol. The van der Waals surface area contributed by atoms with E-state index in [-0.39, 0.29) is 9.64 Å². The van der Waals surface area contributed by atoms with Crippen LogP contribution in [-0.2, 0) is 10.0 Å². The molecule has 90 valence electrons. The second kappa shape index (κ2) is 4.27. The van der Waals surface area contributed by atoms with E-state index < -0.39 is 10.0 Å². The van der Waals surface area contributed by atoms with Crippen LogP contribution in [-0.4, -0.2) is 13.2 Å². The van der Waals surface area contributed by atoms with Crippen LogP contribution in [0.3, 0.4) is 0 Å². The summed E-state index contributed by atoms with van der Waals surface area (Å²) in [5, 5.41) is 5.15. The molecule has 0 aromatic heterocycles. The highest BCUT2D eigenvalue weighted by Gasteiger charge is 2.20. The zero-order valence-electron chi connectivity index (χ0n) is 9.52. The van der Waals surface area contributed by atoms with E-state index >= 15 is 0 Å². The van der Waals surface area contributed by atoms with Gasteiger partial charge < -0.3 is 5.73 Å². The Hall–Kier alpha value is -0.720. The first-order valence-corrected chi connectivity index (χ1v) is 7.07. The molecule has 1 aromatic carbocycles. The molecule has 0 bridgehead atoms. The third kappa shape index (κ3) is 3.70. The van der Waals surface area contributed by atoms with Gasteiger partial charge in [0.15, 0.2) is 0 Å². The number of anilines is 1. The minimum atomic E-state index is -3.73. The topological polar surface area (TPSA) is 86.2 Å². The lowest BCUT2D eigenvalue weighted by molar-refractivity contribution is 0.596. The summed E-state index contributed by atoms with van der Waals surface area (Å²) in [5.74, 6) is 0.